The Hall–Kier alpha value is -1.26. The van der Waals surface area contributed by atoms with Gasteiger partial charge in [-0.3, -0.25) is 0 Å². The molecule has 0 aliphatic rings. The van der Waals surface area contributed by atoms with Gasteiger partial charge < -0.3 is 9.88 Å². The number of nitrogens with one attached hydrogen (secondary N) is 1. The highest BCUT2D eigenvalue weighted by Gasteiger charge is 2.20. The summed E-state index contributed by atoms with van der Waals surface area (Å²) in [4.78, 5) is 5.91. The Morgan fingerprint density at radius 1 is 1.30 bits per heavy atom. The number of aromatic nitrogens is 2. The summed E-state index contributed by atoms with van der Waals surface area (Å²) in [5.74, 6) is 1.11. The van der Waals surface area contributed by atoms with Crippen LogP contribution in [0.2, 0.25) is 0 Å². The Balaban J connectivity index is 2.42. The van der Waals surface area contributed by atoms with E-state index < -0.39 is 0 Å². The number of rotatable bonds is 7. The predicted molar refractivity (Wildman–Crippen MR) is 86.3 cm³/mol. The van der Waals surface area contributed by atoms with Gasteiger partial charge >= 0.3 is 0 Å². The molecule has 1 unspecified atom stereocenters. The lowest BCUT2D eigenvalue weighted by atomic mass is 10.1. The summed E-state index contributed by atoms with van der Waals surface area (Å²) in [7, 11) is 0. The average molecular weight is 289 g/mol. The van der Waals surface area contributed by atoms with E-state index in [0.29, 0.717) is 0 Å². The molecule has 1 atom stereocenters. The lowest BCUT2D eigenvalue weighted by molar-refractivity contribution is 0.539. The maximum atomic E-state index is 4.60. The fourth-order valence-electron chi connectivity index (χ4n) is 2.46. The van der Waals surface area contributed by atoms with E-state index >= 15 is 0 Å². The van der Waals surface area contributed by atoms with Gasteiger partial charge in [0.05, 0.1) is 6.04 Å². The van der Waals surface area contributed by atoms with Crippen LogP contribution in [0.25, 0.3) is 0 Å². The van der Waals surface area contributed by atoms with E-state index in [1.807, 2.05) is 6.20 Å². The first-order chi connectivity index (χ1) is 9.81. The number of benzene rings is 1. The molecule has 0 amide bonds. The summed E-state index contributed by atoms with van der Waals surface area (Å²) < 4.78 is 2.25. The van der Waals surface area contributed by atoms with Gasteiger partial charge in [-0.05, 0) is 30.9 Å². The van der Waals surface area contributed by atoms with Crippen molar-refractivity contribution in [3.63, 3.8) is 0 Å². The number of hydrogen-bond acceptors (Lipinski definition) is 3. The number of aryl methyl sites for hydroxylation is 1. The third-order valence-electron chi connectivity index (χ3n) is 3.33. The maximum Gasteiger partial charge on any atom is 0.130 e. The molecule has 4 heteroatoms. The van der Waals surface area contributed by atoms with Crippen LogP contribution < -0.4 is 5.32 Å². The van der Waals surface area contributed by atoms with Gasteiger partial charge in [-0.15, -0.1) is 11.8 Å². The summed E-state index contributed by atoms with van der Waals surface area (Å²) in [5.41, 5.74) is 1.31. The SMILES string of the molecule is CCCn1ccnc1C(NCC)c1ccccc1SC. The van der Waals surface area contributed by atoms with E-state index in [4.69, 9.17) is 0 Å². The summed E-state index contributed by atoms with van der Waals surface area (Å²) in [6, 6.07) is 8.73. The van der Waals surface area contributed by atoms with Crippen LogP contribution in [-0.2, 0) is 6.54 Å². The number of imidazole rings is 1. The van der Waals surface area contributed by atoms with E-state index in [1.54, 1.807) is 11.8 Å². The lowest BCUT2D eigenvalue weighted by Crippen LogP contribution is -2.26. The highest BCUT2D eigenvalue weighted by molar-refractivity contribution is 7.98. The molecule has 0 spiro atoms. The van der Waals surface area contributed by atoms with Crippen molar-refractivity contribution in [1.29, 1.82) is 0 Å². The number of thioether (sulfide) groups is 1. The van der Waals surface area contributed by atoms with E-state index in [2.05, 4.69) is 65.4 Å². The molecule has 1 aromatic carbocycles. The van der Waals surface area contributed by atoms with Crippen molar-refractivity contribution in [3.8, 4) is 0 Å². The summed E-state index contributed by atoms with van der Waals surface area (Å²) in [6.45, 7) is 6.27. The van der Waals surface area contributed by atoms with Gasteiger partial charge in [0.15, 0.2) is 0 Å². The molecule has 0 aliphatic heterocycles. The van der Waals surface area contributed by atoms with Crippen LogP contribution in [0.1, 0.15) is 37.7 Å². The second-order valence-corrected chi connectivity index (χ2v) is 5.56. The van der Waals surface area contributed by atoms with Crippen LogP contribution in [-0.4, -0.2) is 22.4 Å². The minimum Gasteiger partial charge on any atom is -0.333 e. The highest BCUT2D eigenvalue weighted by atomic mass is 32.2. The molecule has 3 nitrogen and oxygen atoms in total. The fourth-order valence-corrected chi connectivity index (χ4v) is 3.10. The molecule has 2 rings (SSSR count). The Bertz CT molecular complexity index is 536. The monoisotopic (exact) mass is 289 g/mol. The molecule has 0 saturated carbocycles. The van der Waals surface area contributed by atoms with Crippen molar-refractivity contribution in [3.05, 3.63) is 48.0 Å². The first-order valence-electron chi connectivity index (χ1n) is 7.19. The molecule has 0 radical (unpaired) electrons. The van der Waals surface area contributed by atoms with Crippen molar-refractivity contribution >= 4 is 11.8 Å². The minimum absolute atomic E-state index is 0.158. The second-order valence-electron chi connectivity index (χ2n) is 4.71. The molecule has 20 heavy (non-hydrogen) atoms. The van der Waals surface area contributed by atoms with E-state index in [1.165, 1.54) is 10.5 Å². The second kappa shape index (κ2) is 7.50. The first-order valence-corrected chi connectivity index (χ1v) is 8.41. The molecule has 1 N–H and O–H groups in total. The van der Waals surface area contributed by atoms with Gasteiger partial charge in [0.2, 0.25) is 0 Å². The molecule has 0 fully saturated rings. The van der Waals surface area contributed by atoms with Crippen LogP contribution in [0.3, 0.4) is 0 Å². The maximum absolute atomic E-state index is 4.60. The van der Waals surface area contributed by atoms with Gasteiger partial charge in [-0.2, -0.15) is 0 Å². The fraction of sp³-hybridized carbons (Fsp3) is 0.438. The topological polar surface area (TPSA) is 29.9 Å². The molecule has 0 bridgehead atoms. The molecule has 0 saturated heterocycles. The third kappa shape index (κ3) is 3.25. The Morgan fingerprint density at radius 2 is 2.10 bits per heavy atom. The van der Waals surface area contributed by atoms with Crippen LogP contribution in [0.5, 0.6) is 0 Å². The van der Waals surface area contributed by atoms with Gasteiger partial charge in [0.25, 0.3) is 0 Å². The zero-order valence-corrected chi connectivity index (χ0v) is 13.3. The van der Waals surface area contributed by atoms with Crippen molar-refractivity contribution in [1.82, 2.24) is 14.9 Å². The Morgan fingerprint density at radius 3 is 2.80 bits per heavy atom. The van der Waals surface area contributed by atoms with E-state index in [9.17, 15) is 0 Å². The van der Waals surface area contributed by atoms with Gasteiger partial charge in [-0.25, -0.2) is 4.98 Å². The first kappa shape index (κ1) is 15.1. The summed E-state index contributed by atoms with van der Waals surface area (Å²) in [6.07, 6.45) is 7.22. The van der Waals surface area contributed by atoms with Crippen molar-refractivity contribution < 1.29 is 0 Å². The van der Waals surface area contributed by atoms with E-state index in [-0.39, 0.29) is 6.04 Å². The van der Waals surface area contributed by atoms with Crippen LogP contribution >= 0.6 is 11.8 Å². The third-order valence-corrected chi connectivity index (χ3v) is 4.14. The van der Waals surface area contributed by atoms with Crippen molar-refractivity contribution in [2.75, 3.05) is 12.8 Å². The minimum atomic E-state index is 0.158. The predicted octanol–water partition coefficient (Wildman–Crippen LogP) is 3.71. The molecule has 1 aromatic heterocycles. The van der Waals surface area contributed by atoms with Crippen LogP contribution in [0, 0.1) is 0 Å². The standard InChI is InChI=1S/C16H23N3S/c1-4-11-19-12-10-18-16(19)15(17-5-2)13-8-6-7-9-14(13)20-3/h6-10,12,15,17H,4-5,11H2,1-3H3. The molecule has 1 heterocycles. The van der Waals surface area contributed by atoms with Crippen LogP contribution in [0.4, 0.5) is 0 Å². The number of hydrogen-bond donors (Lipinski definition) is 1. The van der Waals surface area contributed by atoms with Gasteiger partial charge in [0.1, 0.15) is 5.82 Å². The molecule has 0 aliphatic carbocycles. The molecule has 108 valence electrons. The Labute approximate surface area is 125 Å². The van der Waals surface area contributed by atoms with Crippen molar-refractivity contribution in [2.24, 2.45) is 0 Å². The molecular formula is C16H23N3S. The average Bonchev–Trinajstić information content (AvgIpc) is 2.93. The van der Waals surface area contributed by atoms with Gasteiger partial charge in [0, 0.05) is 23.8 Å². The van der Waals surface area contributed by atoms with Gasteiger partial charge in [-0.1, -0.05) is 32.0 Å². The lowest BCUT2D eigenvalue weighted by Gasteiger charge is -2.21. The van der Waals surface area contributed by atoms with Crippen molar-refractivity contribution in [2.45, 2.75) is 37.8 Å². The summed E-state index contributed by atoms with van der Waals surface area (Å²) >= 11 is 1.79. The normalized spacial score (nSPS) is 12.6. The summed E-state index contributed by atoms with van der Waals surface area (Å²) in [5, 5.41) is 3.58. The number of nitrogens with zero attached hydrogens (tertiary/aromatic N) is 2. The zero-order chi connectivity index (χ0) is 14.4. The quantitative estimate of drug-likeness (QED) is 0.788. The smallest absolute Gasteiger partial charge is 0.130 e. The Kier molecular flexibility index (Phi) is 5.68. The zero-order valence-electron chi connectivity index (χ0n) is 12.5. The van der Waals surface area contributed by atoms with E-state index in [0.717, 1.165) is 25.3 Å². The highest BCUT2D eigenvalue weighted by Crippen LogP contribution is 2.29. The molecular weight excluding hydrogens is 266 g/mol. The largest absolute Gasteiger partial charge is 0.333 e. The molecule has 2 aromatic rings. The van der Waals surface area contributed by atoms with Crippen LogP contribution in [0.15, 0.2) is 41.6 Å².